The number of carbonyl (C=O) groups excluding carboxylic acids is 2. The Morgan fingerprint density at radius 3 is 2.63 bits per heavy atom. The molecule has 35 heavy (non-hydrogen) atoms. The molecule has 2 amide bonds. The number of nitrogens with one attached hydrogen (secondary N) is 1. The number of benzene rings is 1. The van der Waals surface area contributed by atoms with Crippen LogP contribution in [0.4, 0.5) is 10.2 Å². The summed E-state index contributed by atoms with van der Waals surface area (Å²) < 4.78 is 14.7. The number of likely N-dealkylation sites (tertiary alicyclic amines) is 1. The van der Waals surface area contributed by atoms with Crippen LogP contribution in [0.3, 0.4) is 0 Å². The van der Waals surface area contributed by atoms with Crippen molar-refractivity contribution in [2.75, 3.05) is 17.7 Å². The van der Waals surface area contributed by atoms with E-state index in [2.05, 4.69) is 15.2 Å². The summed E-state index contributed by atoms with van der Waals surface area (Å²) in [6.07, 6.45) is 7.98. The van der Waals surface area contributed by atoms with E-state index in [0.717, 1.165) is 32.0 Å². The number of primary amides is 1. The molecule has 1 aliphatic rings. The molecule has 0 saturated carbocycles. The first kappa shape index (κ1) is 23.9. The molecular weight excluding hydrogens is 449 g/mol. The van der Waals surface area contributed by atoms with Crippen LogP contribution in [-0.4, -0.2) is 37.9 Å². The minimum absolute atomic E-state index is 0.0754. The quantitative estimate of drug-likeness (QED) is 0.466. The van der Waals surface area contributed by atoms with Gasteiger partial charge < -0.3 is 21.8 Å². The Labute approximate surface area is 202 Å². The molecule has 1 saturated heterocycles. The van der Waals surface area contributed by atoms with Gasteiger partial charge in [-0.2, -0.15) is 0 Å². The van der Waals surface area contributed by atoms with Crippen molar-refractivity contribution in [3.8, 4) is 11.3 Å². The maximum atomic E-state index is 13.4. The largest absolute Gasteiger partial charge is 0.368 e. The number of nitrogen functional groups attached to an aromatic ring is 1. The highest BCUT2D eigenvalue weighted by Crippen LogP contribution is 2.33. The topological polar surface area (TPSA) is 132 Å². The molecular formula is C25H28FN7O2. The number of hydrogen-bond acceptors (Lipinski definition) is 6. The van der Waals surface area contributed by atoms with Gasteiger partial charge in [0.05, 0.1) is 12.2 Å². The number of carbonyl (C=O) groups is 2. The van der Waals surface area contributed by atoms with Crippen LogP contribution < -0.4 is 16.9 Å². The number of aromatic nitrogens is 3. The van der Waals surface area contributed by atoms with Gasteiger partial charge in [-0.3, -0.25) is 9.59 Å². The number of halogens is 1. The van der Waals surface area contributed by atoms with Gasteiger partial charge in [-0.05, 0) is 63.1 Å². The van der Waals surface area contributed by atoms with Crippen LogP contribution in [0.5, 0.6) is 0 Å². The van der Waals surface area contributed by atoms with E-state index in [4.69, 9.17) is 16.6 Å². The molecule has 0 spiro atoms. The van der Waals surface area contributed by atoms with Gasteiger partial charge >= 0.3 is 0 Å². The summed E-state index contributed by atoms with van der Waals surface area (Å²) in [4.78, 5) is 35.7. The van der Waals surface area contributed by atoms with E-state index in [1.165, 1.54) is 10.7 Å². The minimum atomic E-state index is -0.686. The number of nitrogens with zero attached hydrogens (tertiary/aromatic N) is 4. The summed E-state index contributed by atoms with van der Waals surface area (Å²) in [5, 5.41) is 2.65. The van der Waals surface area contributed by atoms with Gasteiger partial charge in [-0.1, -0.05) is 18.2 Å². The summed E-state index contributed by atoms with van der Waals surface area (Å²) in [7, 11) is 0. The zero-order valence-corrected chi connectivity index (χ0v) is 19.7. The predicted octanol–water partition coefficient (Wildman–Crippen LogP) is 3.52. The summed E-state index contributed by atoms with van der Waals surface area (Å²) in [6.45, 7) is 4.41. The minimum Gasteiger partial charge on any atom is -0.368 e. The van der Waals surface area contributed by atoms with E-state index in [-0.39, 0.29) is 17.6 Å². The SMILES string of the molecule is CC=CN1CCCC[C@H]1c1nc(-c2ccc(C(=O)Nc3cc(C)c(F)cn3)cc2)c(C(N)=O)n1N. The number of imidazole rings is 1. The third kappa shape index (κ3) is 4.86. The van der Waals surface area contributed by atoms with Crippen molar-refractivity contribution in [1.82, 2.24) is 19.5 Å². The van der Waals surface area contributed by atoms with E-state index in [1.807, 2.05) is 19.2 Å². The van der Waals surface area contributed by atoms with Crippen LogP contribution in [-0.2, 0) is 0 Å². The molecule has 2 aromatic heterocycles. The van der Waals surface area contributed by atoms with Crippen molar-refractivity contribution < 1.29 is 14.0 Å². The smallest absolute Gasteiger partial charge is 0.269 e. The number of rotatable bonds is 6. The molecule has 0 bridgehead atoms. The summed E-state index contributed by atoms with van der Waals surface area (Å²) in [5.41, 5.74) is 7.48. The molecule has 9 nitrogen and oxygen atoms in total. The molecule has 10 heteroatoms. The number of hydrogen-bond donors (Lipinski definition) is 3. The molecule has 5 N–H and O–H groups in total. The monoisotopic (exact) mass is 477 g/mol. The van der Waals surface area contributed by atoms with E-state index in [1.54, 1.807) is 31.2 Å². The number of aryl methyl sites for hydroxylation is 1. The number of amides is 2. The summed E-state index contributed by atoms with van der Waals surface area (Å²) >= 11 is 0. The van der Waals surface area contributed by atoms with Gasteiger partial charge in [0, 0.05) is 17.7 Å². The highest BCUT2D eigenvalue weighted by atomic mass is 19.1. The first-order valence-corrected chi connectivity index (χ1v) is 11.4. The second-order valence-electron chi connectivity index (χ2n) is 8.48. The van der Waals surface area contributed by atoms with Crippen LogP contribution >= 0.6 is 0 Å². The van der Waals surface area contributed by atoms with Crippen LogP contribution in [0.1, 0.15) is 64.5 Å². The van der Waals surface area contributed by atoms with Crippen molar-refractivity contribution in [3.63, 3.8) is 0 Å². The van der Waals surface area contributed by atoms with Gasteiger partial charge in [0.1, 0.15) is 17.3 Å². The van der Waals surface area contributed by atoms with Crippen molar-refractivity contribution in [1.29, 1.82) is 0 Å². The second kappa shape index (κ2) is 9.96. The molecule has 0 radical (unpaired) electrons. The van der Waals surface area contributed by atoms with Crippen molar-refractivity contribution in [3.05, 3.63) is 77.3 Å². The lowest BCUT2D eigenvalue weighted by Gasteiger charge is -2.34. The maximum absolute atomic E-state index is 13.4. The van der Waals surface area contributed by atoms with Gasteiger partial charge in [-0.25, -0.2) is 19.0 Å². The van der Waals surface area contributed by atoms with E-state index in [9.17, 15) is 14.0 Å². The van der Waals surface area contributed by atoms with Gasteiger partial charge in [0.2, 0.25) is 0 Å². The van der Waals surface area contributed by atoms with Gasteiger partial charge in [0.15, 0.2) is 11.5 Å². The molecule has 1 atom stereocenters. The van der Waals surface area contributed by atoms with E-state index < -0.39 is 17.6 Å². The Kier molecular flexibility index (Phi) is 6.81. The molecule has 0 unspecified atom stereocenters. The highest BCUT2D eigenvalue weighted by molar-refractivity contribution is 6.04. The first-order valence-electron chi connectivity index (χ1n) is 11.4. The Balaban J connectivity index is 1.63. The molecule has 1 aromatic carbocycles. The third-order valence-electron chi connectivity index (χ3n) is 6.06. The highest BCUT2D eigenvalue weighted by Gasteiger charge is 2.30. The molecule has 0 aliphatic carbocycles. The zero-order valence-electron chi connectivity index (χ0n) is 19.7. The van der Waals surface area contributed by atoms with Gasteiger partial charge in [0.25, 0.3) is 11.8 Å². The van der Waals surface area contributed by atoms with E-state index in [0.29, 0.717) is 28.2 Å². The van der Waals surface area contributed by atoms with Crippen molar-refractivity contribution in [2.45, 2.75) is 39.2 Å². The number of allylic oxidation sites excluding steroid dienone is 1. The Morgan fingerprint density at radius 1 is 1.23 bits per heavy atom. The molecule has 182 valence electrons. The van der Waals surface area contributed by atoms with Crippen LogP contribution in [0.15, 0.2) is 48.8 Å². The zero-order chi connectivity index (χ0) is 25.1. The molecule has 3 heterocycles. The second-order valence-corrected chi connectivity index (χ2v) is 8.48. The maximum Gasteiger partial charge on any atom is 0.269 e. The standard InChI is InChI=1S/C25H28FN7O2/c1-3-11-32-12-5-4-6-19(32)24-31-21(22(23(27)34)33(24)28)16-7-9-17(10-8-16)25(35)30-20-13-15(2)18(26)14-29-20/h3,7-11,13-14,19H,4-6,12,28H2,1-2H3,(H2,27,34)(H,29,30,35)/t19-/m0/s1. The number of piperidine rings is 1. The fourth-order valence-corrected chi connectivity index (χ4v) is 4.30. The Hall–Kier alpha value is -4.21. The Bertz CT molecular complexity index is 1280. The predicted molar refractivity (Wildman–Crippen MR) is 131 cm³/mol. The number of pyridine rings is 1. The molecule has 3 aromatic rings. The average Bonchev–Trinajstić information content (AvgIpc) is 3.19. The first-order chi connectivity index (χ1) is 16.8. The fraction of sp³-hybridized carbons (Fsp3) is 0.280. The lowest BCUT2D eigenvalue weighted by atomic mass is 10.0. The summed E-state index contributed by atoms with van der Waals surface area (Å²) in [6, 6.07) is 7.96. The molecule has 4 rings (SSSR count). The van der Waals surface area contributed by atoms with Crippen LogP contribution in [0.2, 0.25) is 0 Å². The third-order valence-corrected chi connectivity index (χ3v) is 6.06. The molecule has 1 aliphatic heterocycles. The molecule has 1 fully saturated rings. The van der Waals surface area contributed by atoms with Crippen molar-refractivity contribution in [2.24, 2.45) is 5.73 Å². The Morgan fingerprint density at radius 2 is 1.97 bits per heavy atom. The average molecular weight is 478 g/mol. The number of anilines is 1. The normalized spacial score (nSPS) is 16.0. The lowest BCUT2D eigenvalue weighted by molar-refractivity contribution is 0.0990. The van der Waals surface area contributed by atoms with E-state index >= 15 is 0 Å². The van der Waals surface area contributed by atoms with Gasteiger partial charge in [-0.15, -0.1) is 0 Å². The fourth-order valence-electron chi connectivity index (χ4n) is 4.30. The van der Waals surface area contributed by atoms with Crippen LogP contribution in [0.25, 0.3) is 11.3 Å². The van der Waals surface area contributed by atoms with Crippen LogP contribution in [0, 0.1) is 12.7 Å². The lowest BCUT2D eigenvalue weighted by Crippen LogP contribution is -2.33. The van der Waals surface area contributed by atoms with Crippen molar-refractivity contribution >= 4 is 17.6 Å². The number of nitrogens with two attached hydrogens (primary N) is 2. The summed E-state index contributed by atoms with van der Waals surface area (Å²) in [5.74, 6) is 5.60.